The fourth-order valence-corrected chi connectivity index (χ4v) is 3.79. The van der Waals surface area contributed by atoms with Gasteiger partial charge in [0.05, 0.1) is 30.4 Å². The Morgan fingerprint density at radius 3 is 2.64 bits per heavy atom. The fraction of sp³-hybridized carbons (Fsp3) is 0.333. The first-order valence-electron chi connectivity index (χ1n) is 8.16. The molecule has 130 valence electrons. The molecule has 0 radical (unpaired) electrons. The summed E-state index contributed by atoms with van der Waals surface area (Å²) in [7, 11) is 0. The summed E-state index contributed by atoms with van der Waals surface area (Å²) in [6.45, 7) is 2.56. The third-order valence-corrected chi connectivity index (χ3v) is 5.02. The van der Waals surface area contributed by atoms with E-state index in [2.05, 4.69) is 11.4 Å². The Morgan fingerprint density at radius 2 is 1.92 bits per heavy atom. The molecule has 0 fully saturated rings. The number of pyridine rings is 1. The molecule has 2 heterocycles. The molecule has 1 aromatic carbocycles. The SMILES string of the molecule is N#Cc1ccc2c(c1)nc(NCCN(CCO)CCO)c1ccsc12. The van der Waals surface area contributed by atoms with Crippen LogP contribution in [0.25, 0.3) is 21.0 Å². The Balaban J connectivity index is 1.84. The second kappa shape index (κ2) is 8.23. The van der Waals surface area contributed by atoms with E-state index in [9.17, 15) is 0 Å². The smallest absolute Gasteiger partial charge is 0.135 e. The topological polar surface area (TPSA) is 92.4 Å². The van der Waals surface area contributed by atoms with Crippen LogP contribution in [0, 0.1) is 11.3 Å². The minimum atomic E-state index is 0.0694. The van der Waals surface area contributed by atoms with Gasteiger partial charge in [0.2, 0.25) is 0 Å². The van der Waals surface area contributed by atoms with Crippen molar-refractivity contribution in [2.75, 3.05) is 44.7 Å². The third-order valence-electron chi connectivity index (χ3n) is 4.08. The van der Waals surface area contributed by atoms with E-state index in [-0.39, 0.29) is 13.2 Å². The summed E-state index contributed by atoms with van der Waals surface area (Å²) in [5, 5.41) is 34.8. The minimum absolute atomic E-state index is 0.0694. The molecule has 3 rings (SSSR count). The van der Waals surface area contributed by atoms with Crippen molar-refractivity contribution in [2.24, 2.45) is 0 Å². The van der Waals surface area contributed by atoms with Gasteiger partial charge >= 0.3 is 0 Å². The number of nitrogens with one attached hydrogen (secondary N) is 1. The average Bonchev–Trinajstić information content (AvgIpc) is 3.11. The number of fused-ring (bicyclic) bond motifs is 3. The van der Waals surface area contributed by atoms with Crippen LogP contribution < -0.4 is 5.32 Å². The molecule has 3 N–H and O–H groups in total. The molecule has 0 atom stereocenters. The summed E-state index contributed by atoms with van der Waals surface area (Å²) in [6, 6.07) is 9.78. The number of aliphatic hydroxyl groups is 2. The van der Waals surface area contributed by atoms with Crippen molar-refractivity contribution in [2.45, 2.75) is 0 Å². The zero-order chi connectivity index (χ0) is 17.6. The van der Waals surface area contributed by atoms with E-state index in [1.807, 2.05) is 34.5 Å². The van der Waals surface area contributed by atoms with Crippen LogP contribution in [-0.4, -0.2) is 59.5 Å². The Kier molecular flexibility index (Phi) is 5.79. The number of rotatable bonds is 8. The lowest BCUT2D eigenvalue weighted by Crippen LogP contribution is -2.34. The van der Waals surface area contributed by atoms with Gasteiger partial charge in [-0.1, -0.05) is 6.07 Å². The summed E-state index contributed by atoms with van der Waals surface area (Å²) in [6.07, 6.45) is 0. The van der Waals surface area contributed by atoms with Crippen molar-refractivity contribution >= 4 is 38.1 Å². The molecule has 25 heavy (non-hydrogen) atoms. The molecule has 6 nitrogen and oxygen atoms in total. The number of benzene rings is 1. The maximum absolute atomic E-state index is 9.11. The number of anilines is 1. The zero-order valence-electron chi connectivity index (χ0n) is 13.8. The highest BCUT2D eigenvalue weighted by atomic mass is 32.1. The predicted octanol–water partition coefficient (Wildman–Crippen LogP) is 2.02. The van der Waals surface area contributed by atoms with Crippen LogP contribution in [0.4, 0.5) is 5.82 Å². The maximum atomic E-state index is 9.11. The van der Waals surface area contributed by atoms with Crippen molar-refractivity contribution in [1.29, 1.82) is 5.26 Å². The summed E-state index contributed by atoms with van der Waals surface area (Å²) in [4.78, 5) is 6.69. The normalized spacial score (nSPS) is 11.3. The van der Waals surface area contributed by atoms with Gasteiger partial charge in [0, 0.05) is 41.7 Å². The lowest BCUT2D eigenvalue weighted by Gasteiger charge is -2.20. The quantitative estimate of drug-likeness (QED) is 0.572. The van der Waals surface area contributed by atoms with E-state index >= 15 is 0 Å². The van der Waals surface area contributed by atoms with E-state index in [1.54, 1.807) is 11.3 Å². The number of nitriles is 1. The second-order valence-electron chi connectivity index (χ2n) is 5.68. The molecule has 0 spiro atoms. The van der Waals surface area contributed by atoms with Crippen molar-refractivity contribution in [1.82, 2.24) is 9.88 Å². The van der Waals surface area contributed by atoms with Crippen LogP contribution in [0.15, 0.2) is 29.6 Å². The Morgan fingerprint density at radius 1 is 1.12 bits per heavy atom. The van der Waals surface area contributed by atoms with E-state index in [0.717, 1.165) is 26.8 Å². The van der Waals surface area contributed by atoms with E-state index in [1.165, 1.54) is 0 Å². The first-order valence-corrected chi connectivity index (χ1v) is 9.04. The molecule has 7 heteroatoms. The molecule has 0 aliphatic heterocycles. The predicted molar refractivity (Wildman–Crippen MR) is 101 cm³/mol. The molecular weight excluding hydrogens is 336 g/mol. The third kappa shape index (κ3) is 3.89. The standard InChI is InChI=1S/C18H20N4O2S/c19-12-13-1-2-14-16(11-13)21-18(15-3-10-25-17(14)15)20-4-5-22(6-8-23)7-9-24/h1-3,10-11,23-24H,4-9H2,(H,20,21). The molecule has 3 aromatic rings. The second-order valence-corrected chi connectivity index (χ2v) is 6.60. The zero-order valence-corrected chi connectivity index (χ0v) is 14.6. The fourth-order valence-electron chi connectivity index (χ4n) is 2.86. The van der Waals surface area contributed by atoms with Gasteiger partial charge in [-0.3, -0.25) is 4.90 Å². The van der Waals surface area contributed by atoms with Crippen LogP contribution in [0.2, 0.25) is 0 Å². The van der Waals surface area contributed by atoms with Gasteiger partial charge in [-0.2, -0.15) is 5.26 Å². The lowest BCUT2D eigenvalue weighted by molar-refractivity contribution is 0.165. The van der Waals surface area contributed by atoms with E-state index in [4.69, 9.17) is 20.5 Å². The van der Waals surface area contributed by atoms with Crippen molar-refractivity contribution in [3.8, 4) is 6.07 Å². The van der Waals surface area contributed by atoms with Crippen LogP contribution in [-0.2, 0) is 0 Å². The van der Waals surface area contributed by atoms with Crippen molar-refractivity contribution in [3.05, 3.63) is 35.2 Å². The molecule has 0 aliphatic rings. The van der Waals surface area contributed by atoms with Gasteiger partial charge in [0.25, 0.3) is 0 Å². The molecule has 0 unspecified atom stereocenters. The van der Waals surface area contributed by atoms with Gasteiger partial charge < -0.3 is 15.5 Å². The molecule has 0 amide bonds. The molecular formula is C18H20N4O2S. The highest BCUT2D eigenvalue weighted by Gasteiger charge is 2.11. The summed E-state index contributed by atoms with van der Waals surface area (Å²) in [5.41, 5.74) is 1.40. The van der Waals surface area contributed by atoms with Gasteiger partial charge in [-0.05, 0) is 23.6 Å². The molecule has 0 bridgehead atoms. The monoisotopic (exact) mass is 356 g/mol. The lowest BCUT2D eigenvalue weighted by atomic mass is 10.1. The van der Waals surface area contributed by atoms with Crippen LogP contribution >= 0.6 is 11.3 Å². The first-order chi connectivity index (χ1) is 12.3. The van der Waals surface area contributed by atoms with Gasteiger partial charge in [-0.15, -0.1) is 11.3 Å². The Hall–Kier alpha value is -2.24. The van der Waals surface area contributed by atoms with Gasteiger partial charge in [-0.25, -0.2) is 4.98 Å². The van der Waals surface area contributed by atoms with Gasteiger partial charge in [0.15, 0.2) is 0 Å². The highest BCUT2D eigenvalue weighted by molar-refractivity contribution is 7.18. The summed E-state index contributed by atoms with van der Waals surface area (Å²) >= 11 is 1.66. The van der Waals surface area contributed by atoms with Crippen molar-refractivity contribution < 1.29 is 10.2 Å². The minimum Gasteiger partial charge on any atom is -0.395 e. The molecule has 0 saturated heterocycles. The largest absolute Gasteiger partial charge is 0.395 e. The number of aromatic nitrogens is 1. The molecule has 2 aromatic heterocycles. The first kappa shape index (κ1) is 17.6. The summed E-state index contributed by atoms with van der Waals surface area (Å²) < 4.78 is 1.15. The highest BCUT2D eigenvalue weighted by Crippen LogP contribution is 2.33. The van der Waals surface area contributed by atoms with Gasteiger partial charge in [0.1, 0.15) is 5.82 Å². The number of nitrogens with zero attached hydrogens (tertiary/aromatic N) is 3. The number of hydrogen-bond acceptors (Lipinski definition) is 7. The molecule has 0 aliphatic carbocycles. The Labute approximate surface area is 150 Å². The summed E-state index contributed by atoms with van der Waals surface area (Å²) in [5.74, 6) is 0.798. The number of aliphatic hydroxyl groups excluding tert-OH is 2. The van der Waals surface area contributed by atoms with Crippen LogP contribution in [0.3, 0.4) is 0 Å². The number of thiophene rings is 1. The average molecular weight is 356 g/mol. The Bertz CT molecular complexity index is 897. The van der Waals surface area contributed by atoms with E-state index in [0.29, 0.717) is 31.7 Å². The number of hydrogen-bond donors (Lipinski definition) is 3. The van der Waals surface area contributed by atoms with Crippen molar-refractivity contribution in [3.63, 3.8) is 0 Å². The van der Waals surface area contributed by atoms with Crippen LogP contribution in [0.5, 0.6) is 0 Å². The maximum Gasteiger partial charge on any atom is 0.135 e. The molecule has 0 saturated carbocycles. The van der Waals surface area contributed by atoms with E-state index < -0.39 is 0 Å². The van der Waals surface area contributed by atoms with Crippen LogP contribution in [0.1, 0.15) is 5.56 Å².